The first-order chi connectivity index (χ1) is 6.53. The molecular weight excluding hydrogens is 180 g/mol. The van der Waals surface area contributed by atoms with Gasteiger partial charge in [0.2, 0.25) is 0 Å². The first kappa shape index (κ1) is 11.2. The minimum Gasteiger partial charge on any atom is -0.465 e. The highest BCUT2D eigenvalue weighted by Crippen LogP contribution is 2.39. The van der Waals surface area contributed by atoms with E-state index >= 15 is 0 Å². The molecule has 0 spiro atoms. The second-order valence-electron chi connectivity index (χ2n) is 4.14. The van der Waals surface area contributed by atoms with Crippen molar-refractivity contribution >= 4 is 11.8 Å². The average Bonchev–Trinajstić information content (AvgIpc) is 2.14. The molecule has 2 atom stereocenters. The molecule has 0 N–H and O–H groups in total. The Hall–Kier alpha value is -0.860. The lowest BCUT2D eigenvalue weighted by Gasteiger charge is -2.35. The van der Waals surface area contributed by atoms with Crippen LogP contribution in [0.2, 0.25) is 0 Å². The first-order valence-corrected chi connectivity index (χ1v) is 5.24. The minimum atomic E-state index is -0.895. The lowest BCUT2D eigenvalue weighted by Crippen LogP contribution is -2.45. The zero-order chi connectivity index (χ0) is 10.8. The number of carbonyl (C=O) groups is 2. The molecule has 1 fully saturated rings. The van der Waals surface area contributed by atoms with Crippen molar-refractivity contribution in [1.29, 1.82) is 0 Å². The third kappa shape index (κ3) is 1.68. The van der Waals surface area contributed by atoms with Crippen molar-refractivity contribution in [2.24, 2.45) is 11.3 Å². The van der Waals surface area contributed by atoms with Crippen LogP contribution in [0.4, 0.5) is 0 Å². The zero-order valence-electron chi connectivity index (χ0n) is 9.13. The molecule has 1 aliphatic carbocycles. The van der Waals surface area contributed by atoms with E-state index in [4.69, 9.17) is 4.74 Å². The van der Waals surface area contributed by atoms with Gasteiger partial charge >= 0.3 is 5.97 Å². The Morgan fingerprint density at radius 2 is 2.29 bits per heavy atom. The van der Waals surface area contributed by atoms with Gasteiger partial charge in [0.1, 0.15) is 11.2 Å². The molecule has 80 valence electrons. The van der Waals surface area contributed by atoms with Crippen molar-refractivity contribution in [3.63, 3.8) is 0 Å². The van der Waals surface area contributed by atoms with Gasteiger partial charge in [0.15, 0.2) is 0 Å². The number of hydrogen-bond acceptors (Lipinski definition) is 3. The molecule has 1 rings (SSSR count). The summed E-state index contributed by atoms with van der Waals surface area (Å²) in [6.07, 6.45) is 2.34. The number of rotatable bonds is 2. The highest BCUT2D eigenvalue weighted by atomic mass is 16.5. The summed E-state index contributed by atoms with van der Waals surface area (Å²) >= 11 is 0. The van der Waals surface area contributed by atoms with E-state index in [-0.39, 0.29) is 17.7 Å². The summed E-state index contributed by atoms with van der Waals surface area (Å²) < 4.78 is 4.97. The van der Waals surface area contributed by atoms with Crippen LogP contribution in [-0.4, -0.2) is 18.4 Å². The van der Waals surface area contributed by atoms with Gasteiger partial charge in [0.25, 0.3) is 0 Å². The summed E-state index contributed by atoms with van der Waals surface area (Å²) in [5.41, 5.74) is -0.895. The van der Waals surface area contributed by atoms with Crippen molar-refractivity contribution in [2.45, 2.75) is 40.0 Å². The monoisotopic (exact) mass is 198 g/mol. The van der Waals surface area contributed by atoms with E-state index in [2.05, 4.69) is 0 Å². The summed E-state index contributed by atoms with van der Waals surface area (Å²) in [5, 5.41) is 0. The summed E-state index contributed by atoms with van der Waals surface area (Å²) in [5.74, 6) is -0.213. The molecule has 0 aromatic carbocycles. The molecule has 0 aromatic rings. The van der Waals surface area contributed by atoms with Gasteiger partial charge < -0.3 is 4.74 Å². The van der Waals surface area contributed by atoms with E-state index in [9.17, 15) is 9.59 Å². The quantitative estimate of drug-likeness (QED) is 0.503. The number of Topliss-reactive ketones (excluding diaryl/α,β-unsaturated/α-hetero) is 1. The second kappa shape index (κ2) is 4.11. The van der Waals surface area contributed by atoms with Crippen LogP contribution in [0.5, 0.6) is 0 Å². The smallest absolute Gasteiger partial charge is 0.319 e. The molecule has 3 nitrogen and oxygen atoms in total. The molecule has 0 saturated heterocycles. The molecule has 0 heterocycles. The molecule has 0 bridgehead atoms. The Balaban J connectivity index is 2.86. The van der Waals surface area contributed by atoms with Crippen LogP contribution >= 0.6 is 0 Å². The van der Waals surface area contributed by atoms with Gasteiger partial charge in [0, 0.05) is 6.42 Å². The van der Waals surface area contributed by atoms with E-state index in [1.165, 1.54) is 0 Å². The number of hydrogen-bond donors (Lipinski definition) is 0. The van der Waals surface area contributed by atoms with Crippen molar-refractivity contribution in [2.75, 3.05) is 6.61 Å². The normalized spacial score (nSPS) is 32.8. The summed E-state index contributed by atoms with van der Waals surface area (Å²) in [6.45, 7) is 5.78. The predicted octanol–water partition coefficient (Wildman–Crippen LogP) is 1.94. The van der Waals surface area contributed by atoms with Crippen LogP contribution < -0.4 is 0 Å². The SMILES string of the molecule is CCOC(=O)[C@@]1(C)C(=O)CCC[C@H]1C. The molecule has 14 heavy (non-hydrogen) atoms. The molecular formula is C11H18O3. The van der Waals surface area contributed by atoms with E-state index in [0.29, 0.717) is 13.0 Å². The van der Waals surface area contributed by atoms with E-state index in [0.717, 1.165) is 12.8 Å². The molecule has 0 unspecified atom stereocenters. The predicted molar refractivity (Wildman–Crippen MR) is 52.8 cm³/mol. The summed E-state index contributed by atoms with van der Waals surface area (Å²) in [7, 11) is 0. The van der Waals surface area contributed by atoms with Gasteiger partial charge in [-0.2, -0.15) is 0 Å². The standard InChI is InChI=1S/C11H18O3/c1-4-14-10(13)11(3)8(2)6-5-7-9(11)12/h8H,4-7H2,1-3H3/t8-,11-/m1/s1. The van der Waals surface area contributed by atoms with Gasteiger partial charge in [-0.1, -0.05) is 6.92 Å². The molecule has 1 aliphatic rings. The van der Waals surface area contributed by atoms with Gasteiger partial charge in [-0.25, -0.2) is 0 Å². The fourth-order valence-corrected chi connectivity index (χ4v) is 1.99. The number of esters is 1. The van der Waals surface area contributed by atoms with Crippen molar-refractivity contribution in [3.05, 3.63) is 0 Å². The average molecular weight is 198 g/mol. The maximum absolute atomic E-state index is 11.7. The Morgan fingerprint density at radius 3 is 2.79 bits per heavy atom. The zero-order valence-corrected chi connectivity index (χ0v) is 9.13. The fourth-order valence-electron chi connectivity index (χ4n) is 1.99. The van der Waals surface area contributed by atoms with Crippen LogP contribution in [0.1, 0.15) is 40.0 Å². The van der Waals surface area contributed by atoms with Gasteiger partial charge in [0.05, 0.1) is 6.61 Å². The van der Waals surface area contributed by atoms with Crippen LogP contribution in [0, 0.1) is 11.3 Å². The highest BCUT2D eigenvalue weighted by Gasteiger charge is 2.48. The van der Waals surface area contributed by atoms with Crippen molar-refractivity contribution < 1.29 is 14.3 Å². The largest absolute Gasteiger partial charge is 0.465 e. The molecule has 3 heteroatoms. The van der Waals surface area contributed by atoms with Crippen molar-refractivity contribution in [1.82, 2.24) is 0 Å². The lowest BCUT2D eigenvalue weighted by molar-refractivity contribution is -0.164. The highest BCUT2D eigenvalue weighted by molar-refractivity contribution is 6.04. The molecule has 0 amide bonds. The topological polar surface area (TPSA) is 43.4 Å². The Kier molecular flexibility index (Phi) is 3.29. The maximum atomic E-state index is 11.7. The van der Waals surface area contributed by atoms with Crippen LogP contribution in [0.25, 0.3) is 0 Å². The third-order valence-electron chi connectivity index (χ3n) is 3.31. The Morgan fingerprint density at radius 1 is 1.64 bits per heavy atom. The lowest BCUT2D eigenvalue weighted by atomic mass is 9.67. The molecule has 1 saturated carbocycles. The van der Waals surface area contributed by atoms with Crippen LogP contribution in [0.3, 0.4) is 0 Å². The minimum absolute atomic E-state index is 0.0368. The first-order valence-electron chi connectivity index (χ1n) is 5.24. The third-order valence-corrected chi connectivity index (χ3v) is 3.31. The number of ketones is 1. The second-order valence-corrected chi connectivity index (χ2v) is 4.14. The maximum Gasteiger partial charge on any atom is 0.319 e. The van der Waals surface area contributed by atoms with Gasteiger partial charge in [-0.05, 0) is 32.6 Å². The molecule has 0 aliphatic heterocycles. The van der Waals surface area contributed by atoms with E-state index in [1.807, 2.05) is 6.92 Å². The molecule has 0 aromatic heterocycles. The summed E-state index contributed by atoms with van der Waals surface area (Å²) in [4.78, 5) is 23.4. The summed E-state index contributed by atoms with van der Waals surface area (Å²) in [6, 6.07) is 0. The fraction of sp³-hybridized carbons (Fsp3) is 0.818. The van der Waals surface area contributed by atoms with Gasteiger partial charge in [-0.15, -0.1) is 0 Å². The van der Waals surface area contributed by atoms with Gasteiger partial charge in [-0.3, -0.25) is 9.59 Å². The van der Waals surface area contributed by atoms with Crippen LogP contribution in [-0.2, 0) is 14.3 Å². The number of carbonyl (C=O) groups excluding carboxylic acids is 2. The Bertz CT molecular complexity index is 247. The molecule has 0 radical (unpaired) electrons. The Labute approximate surface area is 84.8 Å². The van der Waals surface area contributed by atoms with E-state index in [1.54, 1.807) is 13.8 Å². The van der Waals surface area contributed by atoms with Crippen LogP contribution in [0.15, 0.2) is 0 Å². The van der Waals surface area contributed by atoms with E-state index < -0.39 is 5.41 Å². The van der Waals surface area contributed by atoms with Crippen molar-refractivity contribution in [3.8, 4) is 0 Å². The number of ether oxygens (including phenoxy) is 1.